The molecule has 30 heavy (non-hydrogen) atoms. The summed E-state index contributed by atoms with van der Waals surface area (Å²) < 4.78 is 5.83. The Balaban J connectivity index is 0.00000256. The van der Waals surface area contributed by atoms with Crippen LogP contribution in [-0.2, 0) is 4.79 Å². The molecule has 1 amide bonds. The van der Waals surface area contributed by atoms with Crippen LogP contribution in [0.4, 0.5) is 0 Å². The highest BCUT2D eigenvalue weighted by Gasteiger charge is 2.40. The van der Waals surface area contributed by atoms with Crippen LogP contribution in [0.5, 0.6) is 5.75 Å². The molecule has 2 fully saturated rings. The average molecular weight is 526 g/mol. The van der Waals surface area contributed by atoms with Crippen molar-refractivity contribution < 1.29 is 9.53 Å². The Morgan fingerprint density at radius 2 is 2.00 bits per heavy atom. The van der Waals surface area contributed by atoms with E-state index in [0.29, 0.717) is 12.0 Å². The molecule has 6 nitrogen and oxygen atoms in total. The van der Waals surface area contributed by atoms with Gasteiger partial charge in [-0.25, -0.2) is 4.99 Å². The van der Waals surface area contributed by atoms with Crippen LogP contribution in [0.2, 0.25) is 0 Å². The molecule has 0 bridgehead atoms. The predicted molar refractivity (Wildman–Crippen MR) is 131 cm³/mol. The second-order valence-corrected chi connectivity index (χ2v) is 9.03. The number of fused-ring (bicyclic) bond motifs is 1. The van der Waals surface area contributed by atoms with Crippen LogP contribution < -0.4 is 10.1 Å². The van der Waals surface area contributed by atoms with Crippen molar-refractivity contribution in [3.8, 4) is 5.75 Å². The summed E-state index contributed by atoms with van der Waals surface area (Å²) in [6.45, 7) is 2.96. The first-order valence-corrected chi connectivity index (χ1v) is 11.0. The van der Waals surface area contributed by atoms with Gasteiger partial charge >= 0.3 is 0 Å². The van der Waals surface area contributed by atoms with Crippen LogP contribution >= 0.6 is 24.0 Å². The van der Waals surface area contributed by atoms with Gasteiger partial charge in [-0.2, -0.15) is 0 Å². The minimum atomic E-state index is 0. The van der Waals surface area contributed by atoms with Crippen LogP contribution in [0.3, 0.4) is 0 Å². The van der Waals surface area contributed by atoms with Gasteiger partial charge in [0.25, 0.3) is 0 Å². The highest BCUT2D eigenvalue weighted by atomic mass is 127. The summed E-state index contributed by atoms with van der Waals surface area (Å²) in [4.78, 5) is 21.0. The van der Waals surface area contributed by atoms with Gasteiger partial charge in [-0.1, -0.05) is 37.5 Å². The number of guanidine groups is 1. The van der Waals surface area contributed by atoms with E-state index in [9.17, 15) is 4.79 Å². The monoisotopic (exact) mass is 526 g/mol. The Labute approximate surface area is 197 Å². The molecule has 1 N–H and O–H groups in total. The van der Waals surface area contributed by atoms with E-state index in [1.54, 1.807) is 19.0 Å². The van der Waals surface area contributed by atoms with E-state index < -0.39 is 0 Å². The number of ether oxygens (including phenoxy) is 1. The van der Waals surface area contributed by atoms with Crippen molar-refractivity contribution >= 4 is 35.8 Å². The number of hydrogen-bond acceptors (Lipinski definition) is 3. The van der Waals surface area contributed by atoms with E-state index in [4.69, 9.17) is 9.73 Å². The first-order chi connectivity index (χ1) is 14.1. The average Bonchev–Trinajstić information content (AvgIpc) is 3.14. The van der Waals surface area contributed by atoms with Gasteiger partial charge in [-0.15, -0.1) is 24.0 Å². The van der Waals surface area contributed by atoms with Gasteiger partial charge in [-0.05, 0) is 30.7 Å². The van der Waals surface area contributed by atoms with Crippen LogP contribution in [0.1, 0.15) is 56.6 Å². The Kier molecular flexibility index (Phi) is 7.87. The van der Waals surface area contributed by atoms with E-state index in [2.05, 4.69) is 22.3 Å². The third kappa shape index (κ3) is 5.21. The Morgan fingerprint density at radius 1 is 1.23 bits per heavy atom. The molecule has 1 aromatic carbocycles. The predicted octanol–water partition coefficient (Wildman–Crippen LogP) is 3.82. The first kappa shape index (κ1) is 23.2. The highest BCUT2D eigenvalue weighted by molar-refractivity contribution is 14.0. The second kappa shape index (κ2) is 10.2. The number of carbonyl (C=O) groups excluding carboxylic acids is 1. The summed E-state index contributed by atoms with van der Waals surface area (Å²) in [6, 6.07) is 8.39. The standard InChI is InChI=1S/C23H34N4O2.HI/c1-26(2)21(28)16-24-22(27-14-13-23(17-27)11-6-3-7-12-23)25-19-10-15-29-20-9-5-4-8-18(19)20;/h4-5,8-9,19H,3,6-7,10-17H2,1-2H3,(H,24,25);1H. The molecule has 2 heterocycles. The summed E-state index contributed by atoms with van der Waals surface area (Å²) in [5.74, 6) is 1.86. The Morgan fingerprint density at radius 3 is 2.77 bits per heavy atom. The largest absolute Gasteiger partial charge is 0.493 e. The first-order valence-electron chi connectivity index (χ1n) is 11.0. The Bertz CT molecular complexity index is 761. The van der Waals surface area contributed by atoms with Gasteiger partial charge in [0.05, 0.1) is 12.6 Å². The molecule has 166 valence electrons. The number of hydrogen-bond donors (Lipinski definition) is 1. The molecule has 0 aromatic heterocycles. The number of nitrogens with zero attached hydrogens (tertiary/aromatic N) is 3. The number of carbonyl (C=O) groups is 1. The van der Waals surface area contributed by atoms with E-state index in [-0.39, 0.29) is 42.5 Å². The van der Waals surface area contributed by atoms with E-state index in [1.807, 2.05) is 12.1 Å². The van der Waals surface area contributed by atoms with Crippen molar-refractivity contribution in [2.75, 3.05) is 40.3 Å². The molecule has 7 heteroatoms. The molecular weight excluding hydrogens is 491 g/mol. The molecule has 1 aromatic rings. The van der Waals surface area contributed by atoms with Crippen LogP contribution in [-0.4, -0.2) is 62.0 Å². The molecule has 1 saturated heterocycles. The molecule has 0 radical (unpaired) electrons. The smallest absolute Gasteiger partial charge is 0.243 e. The summed E-state index contributed by atoms with van der Waals surface area (Å²) in [5.41, 5.74) is 1.62. The normalized spacial score (nSPS) is 22.7. The summed E-state index contributed by atoms with van der Waals surface area (Å²) >= 11 is 0. The maximum atomic E-state index is 12.2. The van der Waals surface area contributed by atoms with E-state index in [0.717, 1.165) is 31.2 Å². The molecule has 1 saturated carbocycles. The zero-order chi connectivity index (χ0) is 20.3. The SMILES string of the molecule is CN(C)C(=O)CN=C(NC1CCOc2ccccc21)N1CCC2(CCCCC2)C1.I. The number of halogens is 1. The fourth-order valence-electron chi connectivity index (χ4n) is 4.99. The number of likely N-dealkylation sites (N-methyl/N-ethyl adjacent to an activating group) is 1. The van der Waals surface area contributed by atoms with Crippen molar-refractivity contribution in [3.05, 3.63) is 29.8 Å². The fraction of sp³-hybridized carbons (Fsp3) is 0.652. The zero-order valence-corrected chi connectivity index (χ0v) is 20.6. The third-order valence-corrected chi connectivity index (χ3v) is 6.78. The lowest BCUT2D eigenvalue weighted by molar-refractivity contribution is -0.127. The maximum absolute atomic E-state index is 12.2. The minimum Gasteiger partial charge on any atom is -0.493 e. The molecule has 1 atom stereocenters. The number of benzene rings is 1. The van der Waals surface area contributed by atoms with Crippen LogP contribution in [0.15, 0.2) is 29.3 Å². The van der Waals surface area contributed by atoms with Crippen LogP contribution in [0.25, 0.3) is 0 Å². The zero-order valence-electron chi connectivity index (χ0n) is 18.2. The van der Waals surface area contributed by atoms with Gasteiger partial charge in [0.1, 0.15) is 12.3 Å². The molecule has 4 rings (SSSR count). The van der Waals surface area contributed by atoms with Crippen molar-refractivity contribution in [1.29, 1.82) is 0 Å². The van der Waals surface area contributed by atoms with Gasteiger partial charge in [0.2, 0.25) is 5.91 Å². The number of rotatable bonds is 3. The molecule has 1 unspecified atom stereocenters. The van der Waals surface area contributed by atoms with Gasteiger partial charge in [0.15, 0.2) is 5.96 Å². The summed E-state index contributed by atoms with van der Waals surface area (Å²) in [7, 11) is 3.57. The topological polar surface area (TPSA) is 57.2 Å². The van der Waals surface area contributed by atoms with Crippen molar-refractivity contribution in [1.82, 2.24) is 15.1 Å². The quantitative estimate of drug-likeness (QED) is 0.370. The third-order valence-electron chi connectivity index (χ3n) is 6.78. The molecule has 1 aliphatic carbocycles. The lowest BCUT2D eigenvalue weighted by atomic mass is 9.73. The molecular formula is C23H35IN4O2. The number of para-hydroxylation sites is 1. The summed E-state index contributed by atoms with van der Waals surface area (Å²) in [5, 5.41) is 3.70. The van der Waals surface area contributed by atoms with Crippen molar-refractivity contribution in [2.45, 2.75) is 51.0 Å². The van der Waals surface area contributed by atoms with Gasteiger partial charge in [0, 0.05) is 39.2 Å². The lowest BCUT2D eigenvalue weighted by Crippen LogP contribution is -2.44. The number of aliphatic imine (C=N–C) groups is 1. The molecule has 2 aliphatic heterocycles. The van der Waals surface area contributed by atoms with Crippen LogP contribution in [0, 0.1) is 5.41 Å². The lowest BCUT2D eigenvalue weighted by Gasteiger charge is -2.35. The number of nitrogens with one attached hydrogen (secondary N) is 1. The number of likely N-dealkylation sites (tertiary alicyclic amines) is 1. The van der Waals surface area contributed by atoms with Crippen molar-refractivity contribution in [2.24, 2.45) is 10.4 Å². The maximum Gasteiger partial charge on any atom is 0.243 e. The van der Waals surface area contributed by atoms with Crippen molar-refractivity contribution in [3.63, 3.8) is 0 Å². The fourth-order valence-corrected chi connectivity index (χ4v) is 4.99. The minimum absolute atomic E-state index is 0. The Hall–Kier alpha value is -1.51. The second-order valence-electron chi connectivity index (χ2n) is 9.03. The highest BCUT2D eigenvalue weighted by Crippen LogP contribution is 2.43. The number of amides is 1. The molecule has 3 aliphatic rings. The van der Waals surface area contributed by atoms with E-state index in [1.165, 1.54) is 44.1 Å². The van der Waals surface area contributed by atoms with E-state index >= 15 is 0 Å². The summed E-state index contributed by atoms with van der Waals surface area (Å²) in [6.07, 6.45) is 8.86. The van der Waals surface area contributed by atoms with Gasteiger partial charge in [-0.3, -0.25) is 4.79 Å². The molecule has 1 spiro atoms. The van der Waals surface area contributed by atoms with Gasteiger partial charge < -0.3 is 19.9 Å².